The standard InChI is InChI=1S/C17H16FN3O3S/c1-4-21(13-7-10(9-19)14(25-3)8-12(13)18)16-11(17(23)24)5-6-15(22)20(16)2/h5-8H,4H2,1-3H3,(H,23,24). The SMILES string of the molecule is CCN(c1cc(C#N)c(SC)cc1F)c1c(C(=O)O)ccc(=O)n1C. The Balaban J connectivity index is 2.79. The summed E-state index contributed by atoms with van der Waals surface area (Å²) in [5, 5.41) is 18.7. The molecule has 2 aromatic rings. The van der Waals surface area contributed by atoms with E-state index in [1.54, 1.807) is 13.2 Å². The molecule has 1 N–H and O–H groups in total. The number of carbonyl (C=O) groups is 1. The van der Waals surface area contributed by atoms with E-state index in [1.807, 2.05) is 6.07 Å². The Morgan fingerprint density at radius 1 is 1.44 bits per heavy atom. The van der Waals surface area contributed by atoms with Crippen molar-refractivity contribution < 1.29 is 14.3 Å². The predicted molar refractivity (Wildman–Crippen MR) is 94.2 cm³/mol. The van der Waals surface area contributed by atoms with Crippen LogP contribution in [0.15, 0.2) is 34.0 Å². The lowest BCUT2D eigenvalue weighted by Gasteiger charge is -2.27. The number of thioether (sulfide) groups is 1. The summed E-state index contributed by atoms with van der Waals surface area (Å²) in [6.45, 7) is 1.91. The minimum atomic E-state index is -1.23. The van der Waals surface area contributed by atoms with Crippen molar-refractivity contribution in [1.29, 1.82) is 5.26 Å². The first-order valence-electron chi connectivity index (χ1n) is 7.34. The number of benzene rings is 1. The number of halogens is 1. The van der Waals surface area contributed by atoms with Crippen LogP contribution in [0.5, 0.6) is 0 Å². The molecular formula is C17H16FN3O3S. The van der Waals surface area contributed by atoms with Crippen LogP contribution in [0, 0.1) is 17.1 Å². The van der Waals surface area contributed by atoms with Crippen LogP contribution in [0.2, 0.25) is 0 Å². The predicted octanol–water partition coefficient (Wildman–Crippen LogP) is 2.97. The zero-order valence-electron chi connectivity index (χ0n) is 13.9. The summed E-state index contributed by atoms with van der Waals surface area (Å²) in [5.41, 5.74) is -0.225. The summed E-state index contributed by atoms with van der Waals surface area (Å²) < 4.78 is 15.8. The van der Waals surface area contributed by atoms with E-state index in [9.17, 15) is 24.3 Å². The number of carboxylic acids is 1. The van der Waals surface area contributed by atoms with Gasteiger partial charge in [-0.15, -0.1) is 11.8 Å². The third kappa shape index (κ3) is 3.37. The molecule has 2 rings (SSSR count). The van der Waals surface area contributed by atoms with E-state index in [0.717, 1.165) is 10.6 Å². The number of nitrogens with zero attached hydrogens (tertiary/aromatic N) is 3. The highest BCUT2D eigenvalue weighted by atomic mass is 32.2. The van der Waals surface area contributed by atoms with Crippen molar-refractivity contribution in [2.24, 2.45) is 7.05 Å². The zero-order valence-corrected chi connectivity index (χ0v) is 14.7. The van der Waals surface area contributed by atoms with Gasteiger partial charge in [-0.2, -0.15) is 5.26 Å². The Labute approximate surface area is 148 Å². The fourth-order valence-corrected chi connectivity index (χ4v) is 3.11. The summed E-state index contributed by atoms with van der Waals surface area (Å²) >= 11 is 1.24. The van der Waals surface area contributed by atoms with Crippen LogP contribution < -0.4 is 10.5 Å². The molecule has 8 heteroatoms. The molecule has 0 saturated carbocycles. The third-order valence-corrected chi connectivity index (χ3v) is 4.54. The van der Waals surface area contributed by atoms with Crippen LogP contribution in [0.3, 0.4) is 0 Å². The number of rotatable bonds is 5. The van der Waals surface area contributed by atoms with E-state index in [1.165, 1.54) is 41.9 Å². The average molecular weight is 361 g/mol. The molecule has 0 radical (unpaired) electrons. The highest BCUT2D eigenvalue weighted by Gasteiger charge is 2.23. The van der Waals surface area contributed by atoms with Crippen LogP contribution in [0.25, 0.3) is 0 Å². The number of carboxylic acid groups (broad SMARTS) is 1. The largest absolute Gasteiger partial charge is 0.478 e. The second kappa shape index (κ2) is 7.40. The summed E-state index contributed by atoms with van der Waals surface area (Å²) in [6.07, 6.45) is 1.73. The van der Waals surface area contributed by atoms with Gasteiger partial charge in [-0.3, -0.25) is 9.36 Å². The summed E-state index contributed by atoms with van der Waals surface area (Å²) in [7, 11) is 1.42. The molecule has 0 atom stereocenters. The van der Waals surface area contributed by atoms with Gasteiger partial charge in [0.05, 0.1) is 11.3 Å². The van der Waals surface area contributed by atoms with E-state index in [4.69, 9.17) is 0 Å². The van der Waals surface area contributed by atoms with Gasteiger partial charge in [-0.1, -0.05) is 0 Å². The van der Waals surface area contributed by atoms with Gasteiger partial charge in [0.25, 0.3) is 5.56 Å². The van der Waals surface area contributed by atoms with Crippen molar-refractivity contribution in [1.82, 2.24) is 4.57 Å². The van der Waals surface area contributed by atoms with Crippen LogP contribution >= 0.6 is 11.8 Å². The van der Waals surface area contributed by atoms with Gasteiger partial charge < -0.3 is 10.0 Å². The molecular weight excluding hydrogens is 345 g/mol. The average Bonchev–Trinajstić information content (AvgIpc) is 2.59. The maximum atomic E-state index is 14.6. The highest BCUT2D eigenvalue weighted by molar-refractivity contribution is 7.98. The monoisotopic (exact) mass is 361 g/mol. The third-order valence-electron chi connectivity index (χ3n) is 3.76. The number of nitriles is 1. The summed E-state index contributed by atoms with van der Waals surface area (Å²) in [5.74, 6) is -1.77. The Bertz CT molecular complexity index is 934. The molecule has 1 aromatic carbocycles. The van der Waals surface area contributed by atoms with Crippen LogP contribution in [-0.2, 0) is 7.05 Å². The maximum absolute atomic E-state index is 14.6. The first-order valence-corrected chi connectivity index (χ1v) is 8.56. The second-order valence-corrected chi connectivity index (χ2v) is 5.98. The number of aromatic nitrogens is 1. The van der Waals surface area contributed by atoms with E-state index < -0.39 is 17.3 Å². The molecule has 1 aromatic heterocycles. The molecule has 0 fully saturated rings. The molecule has 0 aliphatic rings. The van der Waals surface area contributed by atoms with Crippen molar-refractivity contribution in [2.75, 3.05) is 17.7 Å². The smallest absolute Gasteiger partial charge is 0.339 e. The van der Waals surface area contributed by atoms with Gasteiger partial charge in [-0.25, -0.2) is 9.18 Å². The van der Waals surface area contributed by atoms with Crippen LogP contribution in [-0.4, -0.2) is 28.4 Å². The fraction of sp³-hybridized carbons (Fsp3) is 0.235. The van der Waals surface area contributed by atoms with E-state index in [0.29, 0.717) is 4.90 Å². The van der Waals surface area contributed by atoms with Gasteiger partial charge >= 0.3 is 5.97 Å². The van der Waals surface area contributed by atoms with Gasteiger partial charge in [0.1, 0.15) is 23.3 Å². The second-order valence-electron chi connectivity index (χ2n) is 5.13. The number of pyridine rings is 1. The van der Waals surface area contributed by atoms with E-state index >= 15 is 0 Å². The van der Waals surface area contributed by atoms with E-state index in [-0.39, 0.29) is 29.2 Å². The van der Waals surface area contributed by atoms with Crippen molar-refractivity contribution >= 4 is 29.2 Å². The van der Waals surface area contributed by atoms with Crippen molar-refractivity contribution in [3.8, 4) is 6.07 Å². The molecule has 130 valence electrons. The van der Waals surface area contributed by atoms with Crippen LogP contribution in [0.1, 0.15) is 22.8 Å². The molecule has 0 amide bonds. The van der Waals surface area contributed by atoms with Gasteiger partial charge in [0.2, 0.25) is 0 Å². The zero-order chi connectivity index (χ0) is 18.7. The molecule has 0 unspecified atom stereocenters. The van der Waals surface area contributed by atoms with Gasteiger partial charge in [0.15, 0.2) is 0 Å². The quantitative estimate of drug-likeness (QED) is 0.824. The number of aromatic carboxylic acids is 1. The maximum Gasteiger partial charge on any atom is 0.339 e. The number of hydrogen-bond acceptors (Lipinski definition) is 5. The summed E-state index contributed by atoms with van der Waals surface area (Å²) in [6, 6.07) is 6.96. The van der Waals surface area contributed by atoms with Crippen molar-refractivity contribution in [3.63, 3.8) is 0 Å². The normalized spacial score (nSPS) is 10.4. The lowest BCUT2D eigenvalue weighted by atomic mass is 10.1. The molecule has 0 aliphatic carbocycles. The molecule has 1 heterocycles. The molecule has 0 saturated heterocycles. The Morgan fingerprint density at radius 2 is 2.12 bits per heavy atom. The minimum Gasteiger partial charge on any atom is -0.478 e. The summed E-state index contributed by atoms with van der Waals surface area (Å²) in [4.78, 5) is 25.4. The van der Waals surface area contributed by atoms with E-state index in [2.05, 4.69) is 0 Å². The Kier molecular flexibility index (Phi) is 5.49. The Morgan fingerprint density at radius 3 is 2.64 bits per heavy atom. The molecule has 0 bridgehead atoms. The van der Waals surface area contributed by atoms with Crippen molar-refractivity contribution in [2.45, 2.75) is 11.8 Å². The van der Waals surface area contributed by atoms with Crippen LogP contribution in [0.4, 0.5) is 15.9 Å². The first kappa shape index (κ1) is 18.5. The first-order chi connectivity index (χ1) is 11.8. The Hall–Kier alpha value is -2.79. The lowest BCUT2D eigenvalue weighted by Crippen LogP contribution is -2.29. The molecule has 0 spiro atoms. The molecule has 25 heavy (non-hydrogen) atoms. The van der Waals surface area contributed by atoms with Gasteiger partial charge in [-0.05, 0) is 31.4 Å². The molecule has 0 aliphatic heterocycles. The highest BCUT2D eigenvalue weighted by Crippen LogP contribution is 2.33. The fourth-order valence-electron chi connectivity index (χ4n) is 2.56. The van der Waals surface area contributed by atoms with Crippen molar-refractivity contribution in [3.05, 3.63) is 51.6 Å². The van der Waals surface area contributed by atoms with Gasteiger partial charge in [0, 0.05) is 24.6 Å². The number of hydrogen-bond donors (Lipinski definition) is 1. The molecule has 6 nitrogen and oxygen atoms in total. The topological polar surface area (TPSA) is 86.3 Å². The number of anilines is 2. The lowest BCUT2D eigenvalue weighted by molar-refractivity contribution is 0.0697. The minimum absolute atomic E-state index is 0.0422.